The van der Waals surface area contributed by atoms with Crippen molar-refractivity contribution < 1.29 is 17.2 Å². The Hall–Kier alpha value is -1.86. The minimum absolute atomic E-state index is 0.0954. The Kier molecular flexibility index (Phi) is 4.64. The number of benzene rings is 1. The molecule has 1 aromatic carbocycles. The lowest BCUT2D eigenvalue weighted by Gasteiger charge is -2.20. The Labute approximate surface area is 122 Å². The van der Waals surface area contributed by atoms with E-state index in [-0.39, 0.29) is 13.1 Å². The first-order valence-corrected chi connectivity index (χ1v) is 7.73. The van der Waals surface area contributed by atoms with Gasteiger partial charge in [-0.25, -0.2) is 17.2 Å². The van der Waals surface area contributed by atoms with E-state index in [0.29, 0.717) is 6.07 Å². The molecule has 0 bridgehead atoms. The average molecular weight is 312 g/mol. The van der Waals surface area contributed by atoms with Crippen molar-refractivity contribution in [1.29, 1.82) is 0 Å². The lowest BCUT2D eigenvalue weighted by atomic mass is 10.3. The highest BCUT2D eigenvalue weighted by molar-refractivity contribution is 7.89. The van der Waals surface area contributed by atoms with Crippen LogP contribution in [0.2, 0.25) is 0 Å². The third kappa shape index (κ3) is 3.43. The first-order chi connectivity index (χ1) is 9.95. The fourth-order valence-corrected chi connectivity index (χ4v) is 3.36. The van der Waals surface area contributed by atoms with Crippen molar-refractivity contribution in [2.24, 2.45) is 0 Å². The van der Waals surface area contributed by atoms with Gasteiger partial charge in [-0.05, 0) is 29.8 Å². The Morgan fingerprint density at radius 3 is 2.38 bits per heavy atom. The number of aromatic nitrogens is 1. The largest absolute Gasteiger partial charge is 0.265 e. The van der Waals surface area contributed by atoms with Gasteiger partial charge in [-0.1, -0.05) is 6.92 Å². The lowest BCUT2D eigenvalue weighted by Crippen LogP contribution is -2.31. The van der Waals surface area contributed by atoms with E-state index < -0.39 is 26.6 Å². The van der Waals surface area contributed by atoms with E-state index in [1.54, 1.807) is 31.5 Å². The van der Waals surface area contributed by atoms with Crippen molar-refractivity contribution >= 4 is 10.0 Å². The second-order valence-corrected chi connectivity index (χ2v) is 6.27. The zero-order valence-electron chi connectivity index (χ0n) is 11.3. The molecule has 4 nitrogen and oxygen atoms in total. The summed E-state index contributed by atoms with van der Waals surface area (Å²) in [4.78, 5) is 3.33. The molecule has 21 heavy (non-hydrogen) atoms. The smallest absolute Gasteiger partial charge is 0.246 e. The molecule has 0 spiro atoms. The van der Waals surface area contributed by atoms with Gasteiger partial charge in [0.25, 0.3) is 0 Å². The van der Waals surface area contributed by atoms with E-state index in [2.05, 4.69) is 4.98 Å². The highest BCUT2D eigenvalue weighted by Crippen LogP contribution is 2.21. The van der Waals surface area contributed by atoms with Crippen LogP contribution in [-0.4, -0.2) is 24.3 Å². The van der Waals surface area contributed by atoms with Gasteiger partial charge in [0.15, 0.2) is 0 Å². The highest BCUT2D eigenvalue weighted by Gasteiger charge is 2.26. The molecule has 0 radical (unpaired) electrons. The number of nitrogens with zero attached hydrogens (tertiary/aromatic N) is 2. The predicted octanol–water partition coefficient (Wildman–Crippen LogP) is 2.57. The summed E-state index contributed by atoms with van der Waals surface area (Å²) < 4.78 is 52.7. The number of rotatable bonds is 5. The molecule has 0 aliphatic carbocycles. The maximum Gasteiger partial charge on any atom is 0.246 e. The van der Waals surface area contributed by atoms with E-state index in [0.717, 1.165) is 22.0 Å². The first kappa shape index (κ1) is 15.5. The van der Waals surface area contributed by atoms with Gasteiger partial charge in [0.1, 0.15) is 16.5 Å². The van der Waals surface area contributed by atoms with Gasteiger partial charge < -0.3 is 0 Å². The summed E-state index contributed by atoms with van der Waals surface area (Å²) in [5, 5.41) is 0. The van der Waals surface area contributed by atoms with E-state index in [9.17, 15) is 17.2 Å². The van der Waals surface area contributed by atoms with E-state index in [4.69, 9.17) is 0 Å². The maximum atomic E-state index is 13.7. The molecule has 0 aliphatic heterocycles. The quantitative estimate of drug-likeness (QED) is 0.852. The van der Waals surface area contributed by atoms with Gasteiger partial charge in [0.05, 0.1) is 0 Å². The minimum Gasteiger partial charge on any atom is -0.265 e. The van der Waals surface area contributed by atoms with Crippen LogP contribution in [0.1, 0.15) is 12.5 Å². The summed E-state index contributed by atoms with van der Waals surface area (Å²) in [6.07, 6.45) is 3.10. The summed E-state index contributed by atoms with van der Waals surface area (Å²) >= 11 is 0. The molecule has 0 amide bonds. The number of hydrogen-bond donors (Lipinski definition) is 0. The minimum atomic E-state index is -4.03. The van der Waals surface area contributed by atoms with Crippen LogP contribution in [0.25, 0.3) is 0 Å². The normalized spacial score (nSPS) is 11.8. The van der Waals surface area contributed by atoms with Gasteiger partial charge >= 0.3 is 0 Å². The molecule has 112 valence electrons. The molecular formula is C14H14F2N2O2S. The lowest BCUT2D eigenvalue weighted by molar-refractivity contribution is 0.418. The van der Waals surface area contributed by atoms with Crippen molar-refractivity contribution in [3.05, 3.63) is 59.9 Å². The van der Waals surface area contributed by atoms with Crippen LogP contribution in [0.5, 0.6) is 0 Å². The molecule has 0 fully saturated rings. The van der Waals surface area contributed by atoms with E-state index in [1.165, 1.54) is 0 Å². The maximum absolute atomic E-state index is 13.7. The Morgan fingerprint density at radius 2 is 1.81 bits per heavy atom. The number of sulfonamides is 1. The topological polar surface area (TPSA) is 50.3 Å². The van der Waals surface area contributed by atoms with Crippen LogP contribution in [0, 0.1) is 11.6 Å². The molecule has 2 aromatic rings. The molecule has 0 saturated carbocycles. The monoisotopic (exact) mass is 312 g/mol. The Balaban J connectivity index is 2.36. The Morgan fingerprint density at radius 1 is 1.14 bits per heavy atom. The standard InChI is InChI=1S/C14H14F2N2O2S/c1-2-18(10-11-5-7-17-8-6-11)21(19,20)14-4-3-12(15)9-13(14)16/h3-9H,2,10H2,1H3. The zero-order chi connectivity index (χ0) is 15.5. The van der Waals surface area contributed by atoms with Crippen molar-refractivity contribution in [3.8, 4) is 0 Å². The van der Waals surface area contributed by atoms with Crippen LogP contribution < -0.4 is 0 Å². The summed E-state index contributed by atoms with van der Waals surface area (Å²) in [6.45, 7) is 1.92. The third-order valence-corrected chi connectivity index (χ3v) is 4.93. The van der Waals surface area contributed by atoms with Gasteiger partial charge in [-0.2, -0.15) is 4.31 Å². The van der Waals surface area contributed by atoms with Crippen LogP contribution in [-0.2, 0) is 16.6 Å². The highest BCUT2D eigenvalue weighted by atomic mass is 32.2. The predicted molar refractivity (Wildman–Crippen MR) is 73.9 cm³/mol. The van der Waals surface area contributed by atoms with Gasteiger partial charge in [-0.3, -0.25) is 4.98 Å². The molecule has 7 heteroatoms. The van der Waals surface area contributed by atoms with Gasteiger partial charge in [0, 0.05) is 31.5 Å². The molecule has 0 N–H and O–H groups in total. The Bertz CT molecular complexity index is 721. The van der Waals surface area contributed by atoms with Crippen LogP contribution >= 0.6 is 0 Å². The second-order valence-electron chi connectivity index (χ2n) is 4.36. The first-order valence-electron chi connectivity index (χ1n) is 6.29. The fraction of sp³-hybridized carbons (Fsp3) is 0.214. The molecule has 1 heterocycles. The van der Waals surface area contributed by atoms with E-state index in [1.807, 2.05) is 0 Å². The molecule has 0 unspecified atom stereocenters. The van der Waals surface area contributed by atoms with Gasteiger partial charge in [0.2, 0.25) is 10.0 Å². The summed E-state index contributed by atoms with van der Waals surface area (Å²) in [5.41, 5.74) is 0.734. The molecule has 1 aromatic heterocycles. The number of pyridine rings is 1. The number of hydrogen-bond acceptors (Lipinski definition) is 3. The van der Waals surface area contributed by atoms with Crippen LogP contribution in [0.4, 0.5) is 8.78 Å². The summed E-state index contributed by atoms with van der Waals surface area (Å²) in [5.74, 6) is -1.91. The van der Waals surface area contributed by atoms with E-state index >= 15 is 0 Å². The molecule has 0 atom stereocenters. The summed E-state index contributed by atoms with van der Waals surface area (Å²) in [6, 6.07) is 5.79. The molecule has 0 saturated heterocycles. The molecule has 2 rings (SSSR count). The summed E-state index contributed by atoms with van der Waals surface area (Å²) in [7, 11) is -4.03. The van der Waals surface area contributed by atoms with Crippen LogP contribution in [0.15, 0.2) is 47.6 Å². The fourth-order valence-electron chi connectivity index (χ4n) is 1.88. The molecular weight excluding hydrogens is 298 g/mol. The van der Waals surface area contributed by atoms with Crippen LogP contribution in [0.3, 0.4) is 0 Å². The van der Waals surface area contributed by atoms with Crippen molar-refractivity contribution in [2.45, 2.75) is 18.4 Å². The SMILES string of the molecule is CCN(Cc1ccncc1)S(=O)(=O)c1ccc(F)cc1F. The number of halogens is 2. The third-order valence-electron chi connectivity index (χ3n) is 2.97. The average Bonchev–Trinajstić information content (AvgIpc) is 2.45. The second kappa shape index (κ2) is 6.28. The van der Waals surface area contributed by atoms with Crippen molar-refractivity contribution in [1.82, 2.24) is 9.29 Å². The zero-order valence-corrected chi connectivity index (χ0v) is 12.1. The van der Waals surface area contributed by atoms with Crippen molar-refractivity contribution in [3.63, 3.8) is 0 Å². The van der Waals surface area contributed by atoms with Crippen molar-refractivity contribution in [2.75, 3.05) is 6.54 Å². The van der Waals surface area contributed by atoms with Gasteiger partial charge in [-0.15, -0.1) is 0 Å². The molecule has 0 aliphatic rings.